The normalized spacial score (nSPS) is 22.4. The maximum Gasteiger partial charge on any atom is 0.0698 e. The summed E-state index contributed by atoms with van der Waals surface area (Å²) in [5.74, 6) is 0. The average molecular weight is 327 g/mol. The van der Waals surface area contributed by atoms with Gasteiger partial charge in [0, 0.05) is 30.7 Å². The first-order chi connectivity index (χ1) is 9.15. The van der Waals surface area contributed by atoms with Crippen molar-refractivity contribution in [2.75, 3.05) is 26.7 Å². The highest BCUT2D eigenvalue weighted by Crippen LogP contribution is 2.28. The van der Waals surface area contributed by atoms with Crippen LogP contribution in [0.4, 0.5) is 0 Å². The number of methoxy groups -OCH3 is 1. The minimum atomic E-state index is 0.287. The van der Waals surface area contributed by atoms with Crippen LogP contribution in [0.1, 0.15) is 30.0 Å². The molecule has 4 heteroatoms. The van der Waals surface area contributed by atoms with Crippen molar-refractivity contribution in [2.24, 2.45) is 5.73 Å². The van der Waals surface area contributed by atoms with Crippen LogP contribution < -0.4 is 5.73 Å². The number of likely N-dealkylation sites (tertiary alicyclic amines) is 1. The molecule has 1 aliphatic heterocycles. The van der Waals surface area contributed by atoms with Crippen molar-refractivity contribution in [2.45, 2.75) is 31.9 Å². The smallest absolute Gasteiger partial charge is 0.0698 e. The molecule has 1 aromatic carbocycles. The van der Waals surface area contributed by atoms with Gasteiger partial charge in [0.25, 0.3) is 0 Å². The van der Waals surface area contributed by atoms with Gasteiger partial charge in [-0.3, -0.25) is 4.90 Å². The monoisotopic (exact) mass is 326 g/mol. The van der Waals surface area contributed by atoms with Gasteiger partial charge < -0.3 is 10.5 Å². The van der Waals surface area contributed by atoms with Gasteiger partial charge >= 0.3 is 0 Å². The van der Waals surface area contributed by atoms with E-state index in [2.05, 4.69) is 46.0 Å². The minimum absolute atomic E-state index is 0.287. The second kappa shape index (κ2) is 6.84. The summed E-state index contributed by atoms with van der Waals surface area (Å²) in [6, 6.07) is 6.83. The quantitative estimate of drug-likeness (QED) is 0.924. The Hall–Kier alpha value is -0.420. The highest BCUT2D eigenvalue weighted by Gasteiger charge is 2.26. The Bertz CT molecular complexity index is 425. The fourth-order valence-electron chi connectivity index (χ4n) is 2.75. The fourth-order valence-corrected chi connectivity index (χ4v) is 3.15. The van der Waals surface area contributed by atoms with Gasteiger partial charge in [-0.05, 0) is 43.5 Å². The molecule has 0 aromatic heterocycles. The number of hydrogen-bond donors (Lipinski definition) is 1. The first-order valence-corrected chi connectivity index (χ1v) is 7.68. The average Bonchev–Trinajstić information content (AvgIpc) is 2.44. The Morgan fingerprint density at radius 3 is 2.95 bits per heavy atom. The van der Waals surface area contributed by atoms with Gasteiger partial charge in [0.15, 0.2) is 0 Å². The molecule has 1 aromatic rings. The fraction of sp³-hybridized carbons (Fsp3) is 0.600. The largest absolute Gasteiger partial charge is 0.380 e. The molecular formula is C15H23BrN2O. The molecule has 106 valence electrons. The molecule has 1 aliphatic rings. The topological polar surface area (TPSA) is 38.5 Å². The van der Waals surface area contributed by atoms with Gasteiger partial charge in [-0.1, -0.05) is 28.1 Å². The van der Waals surface area contributed by atoms with Gasteiger partial charge in [-0.2, -0.15) is 0 Å². The molecule has 1 heterocycles. The summed E-state index contributed by atoms with van der Waals surface area (Å²) in [6.45, 7) is 4.83. The third-order valence-corrected chi connectivity index (χ3v) is 4.84. The second-order valence-electron chi connectivity index (χ2n) is 5.25. The maximum absolute atomic E-state index is 6.01. The summed E-state index contributed by atoms with van der Waals surface area (Å²) in [4.78, 5) is 2.45. The molecule has 19 heavy (non-hydrogen) atoms. The summed E-state index contributed by atoms with van der Waals surface area (Å²) in [5.41, 5.74) is 8.56. The second-order valence-corrected chi connectivity index (χ2v) is 6.11. The molecule has 0 aliphatic carbocycles. The Balaban J connectivity index is 2.16. The summed E-state index contributed by atoms with van der Waals surface area (Å²) >= 11 is 3.61. The van der Waals surface area contributed by atoms with Crippen molar-refractivity contribution < 1.29 is 4.74 Å². The number of piperidine rings is 1. The van der Waals surface area contributed by atoms with Crippen molar-refractivity contribution in [1.29, 1.82) is 0 Å². The van der Waals surface area contributed by atoms with E-state index in [-0.39, 0.29) is 6.04 Å². The van der Waals surface area contributed by atoms with Crippen LogP contribution in [0.25, 0.3) is 0 Å². The SMILES string of the molecule is COC1CCCN(C(CN)c2ccc(C)c(Br)c2)C1. The Labute approximate surface area is 124 Å². The number of halogens is 1. The van der Waals surface area contributed by atoms with E-state index in [1.807, 2.05) is 0 Å². The lowest BCUT2D eigenvalue weighted by molar-refractivity contribution is 0.0155. The van der Waals surface area contributed by atoms with Crippen LogP contribution in [0.3, 0.4) is 0 Å². The number of hydrogen-bond acceptors (Lipinski definition) is 3. The molecule has 0 bridgehead atoms. The van der Waals surface area contributed by atoms with Crippen LogP contribution in [0.5, 0.6) is 0 Å². The molecule has 2 unspecified atom stereocenters. The van der Waals surface area contributed by atoms with Gasteiger partial charge in [0.1, 0.15) is 0 Å². The number of nitrogens with two attached hydrogens (primary N) is 1. The van der Waals surface area contributed by atoms with E-state index >= 15 is 0 Å². The zero-order valence-corrected chi connectivity index (χ0v) is 13.3. The van der Waals surface area contributed by atoms with Crippen LogP contribution in [-0.2, 0) is 4.74 Å². The van der Waals surface area contributed by atoms with E-state index in [0.717, 1.165) is 24.0 Å². The number of ether oxygens (including phenoxy) is 1. The molecule has 0 radical (unpaired) electrons. The van der Waals surface area contributed by atoms with Crippen molar-refractivity contribution in [3.8, 4) is 0 Å². The van der Waals surface area contributed by atoms with Crippen molar-refractivity contribution >= 4 is 15.9 Å². The molecule has 2 rings (SSSR count). The van der Waals surface area contributed by atoms with Gasteiger partial charge in [0.2, 0.25) is 0 Å². The van der Waals surface area contributed by atoms with Crippen LogP contribution in [0, 0.1) is 6.92 Å². The van der Waals surface area contributed by atoms with E-state index in [1.165, 1.54) is 17.5 Å². The molecule has 3 nitrogen and oxygen atoms in total. The van der Waals surface area contributed by atoms with E-state index < -0.39 is 0 Å². The van der Waals surface area contributed by atoms with Crippen LogP contribution >= 0.6 is 15.9 Å². The number of aryl methyl sites for hydroxylation is 1. The van der Waals surface area contributed by atoms with Crippen molar-refractivity contribution in [3.05, 3.63) is 33.8 Å². The lowest BCUT2D eigenvalue weighted by Gasteiger charge is -2.37. The molecule has 2 atom stereocenters. The predicted octanol–water partition coefficient (Wildman–Crippen LogP) is 2.87. The zero-order valence-electron chi connectivity index (χ0n) is 11.7. The zero-order chi connectivity index (χ0) is 13.8. The standard InChI is InChI=1S/C15H23BrN2O/c1-11-5-6-12(8-14(11)16)15(9-17)18-7-3-4-13(10-18)19-2/h5-6,8,13,15H,3-4,7,9-10,17H2,1-2H3. The highest BCUT2D eigenvalue weighted by atomic mass is 79.9. The number of benzene rings is 1. The molecule has 1 saturated heterocycles. The third-order valence-electron chi connectivity index (χ3n) is 3.99. The van der Waals surface area contributed by atoms with Gasteiger partial charge in [-0.15, -0.1) is 0 Å². The molecular weight excluding hydrogens is 304 g/mol. The molecule has 2 N–H and O–H groups in total. The van der Waals surface area contributed by atoms with Crippen molar-refractivity contribution in [3.63, 3.8) is 0 Å². The lowest BCUT2D eigenvalue weighted by atomic mass is 9.99. The van der Waals surface area contributed by atoms with Crippen molar-refractivity contribution in [1.82, 2.24) is 4.90 Å². The van der Waals surface area contributed by atoms with Crippen LogP contribution in [-0.4, -0.2) is 37.7 Å². The van der Waals surface area contributed by atoms with E-state index in [4.69, 9.17) is 10.5 Å². The molecule has 1 fully saturated rings. The van der Waals surface area contributed by atoms with Crippen LogP contribution in [0.15, 0.2) is 22.7 Å². The highest BCUT2D eigenvalue weighted by molar-refractivity contribution is 9.10. The van der Waals surface area contributed by atoms with E-state index in [9.17, 15) is 0 Å². The summed E-state index contributed by atoms with van der Waals surface area (Å²) in [7, 11) is 1.80. The summed E-state index contributed by atoms with van der Waals surface area (Å²) in [5, 5.41) is 0. The van der Waals surface area contributed by atoms with Gasteiger partial charge in [0.05, 0.1) is 6.10 Å². The number of rotatable bonds is 4. The van der Waals surface area contributed by atoms with Crippen LogP contribution in [0.2, 0.25) is 0 Å². The molecule has 0 spiro atoms. The third kappa shape index (κ3) is 3.57. The van der Waals surface area contributed by atoms with E-state index in [1.54, 1.807) is 7.11 Å². The summed E-state index contributed by atoms with van der Waals surface area (Å²) < 4.78 is 6.66. The number of nitrogens with zero attached hydrogens (tertiary/aromatic N) is 1. The minimum Gasteiger partial charge on any atom is -0.380 e. The first-order valence-electron chi connectivity index (χ1n) is 6.88. The van der Waals surface area contributed by atoms with E-state index in [0.29, 0.717) is 12.6 Å². The Morgan fingerprint density at radius 2 is 2.32 bits per heavy atom. The van der Waals surface area contributed by atoms with Gasteiger partial charge in [-0.25, -0.2) is 0 Å². The Morgan fingerprint density at radius 1 is 1.53 bits per heavy atom. The summed E-state index contributed by atoms with van der Waals surface area (Å²) in [6.07, 6.45) is 2.68. The maximum atomic E-state index is 6.01. The molecule has 0 saturated carbocycles. The predicted molar refractivity (Wildman–Crippen MR) is 82.3 cm³/mol. The first kappa shape index (κ1) is 15.0. The lowest BCUT2D eigenvalue weighted by Crippen LogP contribution is -2.43. The Kier molecular flexibility index (Phi) is 5.39. The molecule has 0 amide bonds.